The average molecular weight is 449 g/mol. The fraction of sp³-hybridized carbons (Fsp3) is 0.200. The third-order valence-electron chi connectivity index (χ3n) is 6.35. The number of aliphatic hydroxyl groups excluding tert-OH is 1. The fourth-order valence-electron chi connectivity index (χ4n) is 4.82. The van der Waals surface area contributed by atoms with Crippen LogP contribution in [0, 0.1) is 11.6 Å². The van der Waals surface area contributed by atoms with Gasteiger partial charge in [-0.25, -0.2) is 13.6 Å². The maximum absolute atomic E-state index is 13.3. The molecule has 1 saturated heterocycles. The van der Waals surface area contributed by atoms with Crippen molar-refractivity contribution in [3.8, 4) is 0 Å². The lowest BCUT2D eigenvalue weighted by atomic mass is 9.71. The Morgan fingerprint density at radius 2 is 1.58 bits per heavy atom. The number of urea groups is 1. The zero-order valence-electron chi connectivity index (χ0n) is 17.5. The van der Waals surface area contributed by atoms with Crippen LogP contribution >= 0.6 is 0 Å². The first-order valence-corrected chi connectivity index (χ1v) is 10.6. The van der Waals surface area contributed by atoms with Crippen molar-refractivity contribution < 1.29 is 23.5 Å². The van der Waals surface area contributed by atoms with E-state index in [4.69, 9.17) is 0 Å². The first-order chi connectivity index (χ1) is 16.0. The summed E-state index contributed by atoms with van der Waals surface area (Å²) in [6.07, 6.45) is 0. The lowest BCUT2D eigenvalue weighted by molar-refractivity contribution is -0.0241. The Morgan fingerprint density at radius 1 is 0.939 bits per heavy atom. The number of para-hydroxylation sites is 1. The summed E-state index contributed by atoms with van der Waals surface area (Å²) < 4.78 is 26.6. The van der Waals surface area contributed by atoms with Gasteiger partial charge in [-0.2, -0.15) is 0 Å². The number of fused-ring (bicyclic) bond motifs is 3. The van der Waals surface area contributed by atoms with Crippen molar-refractivity contribution >= 4 is 23.3 Å². The Balaban J connectivity index is 1.46. The van der Waals surface area contributed by atoms with Crippen LogP contribution in [-0.4, -0.2) is 47.2 Å². The molecule has 0 spiro atoms. The van der Waals surface area contributed by atoms with Crippen LogP contribution < -0.4 is 10.2 Å². The summed E-state index contributed by atoms with van der Waals surface area (Å²) in [5.41, 5.74) is 2.33. The van der Waals surface area contributed by atoms with E-state index < -0.39 is 23.7 Å². The van der Waals surface area contributed by atoms with Gasteiger partial charge in [0.1, 0.15) is 11.6 Å². The molecule has 33 heavy (non-hydrogen) atoms. The third-order valence-corrected chi connectivity index (χ3v) is 6.35. The lowest BCUT2D eigenvalue weighted by Gasteiger charge is -2.58. The number of hydrogen-bond acceptors (Lipinski definition) is 3. The van der Waals surface area contributed by atoms with Gasteiger partial charge in [0.15, 0.2) is 0 Å². The van der Waals surface area contributed by atoms with Gasteiger partial charge in [-0.3, -0.25) is 9.69 Å². The summed E-state index contributed by atoms with van der Waals surface area (Å²) in [6.45, 7) is -0.0116. The van der Waals surface area contributed by atoms with Gasteiger partial charge in [-0.15, -0.1) is 0 Å². The Morgan fingerprint density at radius 3 is 2.24 bits per heavy atom. The minimum atomic E-state index is -0.448. The monoisotopic (exact) mass is 449 g/mol. The van der Waals surface area contributed by atoms with Crippen molar-refractivity contribution in [2.45, 2.75) is 18.0 Å². The van der Waals surface area contributed by atoms with Gasteiger partial charge in [0.05, 0.1) is 18.7 Å². The van der Waals surface area contributed by atoms with Gasteiger partial charge in [0, 0.05) is 29.4 Å². The number of likely N-dealkylation sites (tertiary alicyclic amines) is 1. The number of hydrogen-bond donors (Lipinski definition) is 2. The molecule has 6 nitrogen and oxygen atoms in total. The van der Waals surface area contributed by atoms with E-state index in [1.807, 2.05) is 24.3 Å². The highest BCUT2D eigenvalue weighted by Crippen LogP contribution is 2.48. The molecule has 3 amide bonds. The number of carbonyl (C=O) groups is 2. The van der Waals surface area contributed by atoms with Crippen LogP contribution in [-0.2, 0) is 0 Å². The SMILES string of the molecule is O=C(Nc1ccc(F)cc1)N1C[C@@H]2[C@H](c3ccccc31)[C@H](CO)N2C(=O)c1ccc(F)cc1. The van der Waals surface area contributed by atoms with Crippen molar-refractivity contribution in [3.63, 3.8) is 0 Å². The number of aliphatic hydroxyl groups is 1. The summed E-state index contributed by atoms with van der Waals surface area (Å²) in [5, 5.41) is 12.8. The topological polar surface area (TPSA) is 72.9 Å². The van der Waals surface area contributed by atoms with Gasteiger partial charge in [0.2, 0.25) is 0 Å². The quantitative estimate of drug-likeness (QED) is 0.635. The molecule has 0 bridgehead atoms. The van der Waals surface area contributed by atoms with Crippen LogP contribution in [0.5, 0.6) is 0 Å². The highest BCUT2D eigenvalue weighted by Gasteiger charge is 2.55. The number of anilines is 2. The van der Waals surface area contributed by atoms with Crippen LogP contribution in [0.4, 0.5) is 25.0 Å². The summed E-state index contributed by atoms with van der Waals surface area (Å²) >= 11 is 0. The number of halogens is 2. The molecule has 2 aliphatic heterocycles. The second kappa shape index (κ2) is 8.29. The van der Waals surface area contributed by atoms with Crippen molar-refractivity contribution in [1.82, 2.24) is 4.90 Å². The van der Waals surface area contributed by atoms with Crippen LogP contribution in [0.1, 0.15) is 21.8 Å². The highest BCUT2D eigenvalue weighted by molar-refractivity contribution is 6.03. The number of amides is 3. The van der Waals surface area contributed by atoms with E-state index in [-0.39, 0.29) is 31.0 Å². The van der Waals surface area contributed by atoms with Crippen molar-refractivity contribution in [1.29, 1.82) is 0 Å². The standard InChI is InChI=1S/C25H21F2N3O3/c26-16-7-5-15(6-8-16)24(32)30-21-13-29(25(33)28-18-11-9-17(27)10-12-18)20-4-2-1-3-19(20)23(21)22(30)14-31/h1-12,21-23,31H,13-14H2,(H,28,33)/t21-,22+,23+/m1/s1. The molecule has 168 valence electrons. The van der Waals surface area contributed by atoms with Gasteiger partial charge in [-0.1, -0.05) is 18.2 Å². The molecule has 1 fully saturated rings. The summed E-state index contributed by atoms with van der Waals surface area (Å²) in [5.74, 6) is -1.31. The second-order valence-electron chi connectivity index (χ2n) is 8.17. The molecule has 3 aromatic rings. The Bertz CT molecular complexity index is 1200. The zero-order chi connectivity index (χ0) is 23.1. The molecular formula is C25H21F2N3O3. The van der Waals surface area contributed by atoms with E-state index in [1.54, 1.807) is 9.80 Å². The molecule has 3 atom stereocenters. The van der Waals surface area contributed by atoms with E-state index in [0.717, 1.165) is 5.56 Å². The molecule has 2 N–H and O–H groups in total. The van der Waals surface area contributed by atoms with E-state index in [0.29, 0.717) is 16.9 Å². The van der Waals surface area contributed by atoms with Crippen LogP contribution in [0.15, 0.2) is 72.8 Å². The first-order valence-electron chi connectivity index (χ1n) is 10.6. The number of benzene rings is 3. The first kappa shape index (κ1) is 21.1. The van der Waals surface area contributed by atoms with Crippen molar-refractivity contribution in [2.75, 3.05) is 23.4 Å². The number of rotatable bonds is 3. The largest absolute Gasteiger partial charge is 0.394 e. The van der Waals surface area contributed by atoms with Crippen LogP contribution in [0.25, 0.3) is 0 Å². The minimum absolute atomic E-state index is 0.134. The molecule has 0 unspecified atom stereocenters. The molecule has 2 aliphatic rings. The zero-order valence-corrected chi connectivity index (χ0v) is 17.5. The van der Waals surface area contributed by atoms with Crippen LogP contribution in [0.2, 0.25) is 0 Å². The molecule has 0 aromatic heterocycles. The van der Waals surface area contributed by atoms with Gasteiger partial charge in [-0.05, 0) is 60.2 Å². The molecule has 0 radical (unpaired) electrons. The van der Waals surface area contributed by atoms with Crippen LogP contribution in [0.3, 0.4) is 0 Å². The smallest absolute Gasteiger partial charge is 0.326 e. The normalized spacial score (nSPS) is 21.0. The Labute approximate surface area is 189 Å². The molecule has 2 heterocycles. The maximum Gasteiger partial charge on any atom is 0.326 e. The second-order valence-corrected chi connectivity index (χ2v) is 8.17. The lowest BCUT2D eigenvalue weighted by Crippen LogP contribution is -2.71. The predicted molar refractivity (Wildman–Crippen MR) is 119 cm³/mol. The van der Waals surface area contributed by atoms with Gasteiger partial charge in [0.25, 0.3) is 5.91 Å². The van der Waals surface area contributed by atoms with E-state index in [9.17, 15) is 23.5 Å². The molecule has 0 saturated carbocycles. The van der Waals surface area contributed by atoms with Crippen molar-refractivity contribution in [2.24, 2.45) is 0 Å². The van der Waals surface area contributed by atoms with E-state index in [1.165, 1.54) is 48.5 Å². The van der Waals surface area contributed by atoms with Gasteiger partial charge < -0.3 is 15.3 Å². The number of carbonyl (C=O) groups excluding carboxylic acids is 2. The van der Waals surface area contributed by atoms with E-state index in [2.05, 4.69) is 5.32 Å². The third kappa shape index (κ3) is 3.62. The summed E-state index contributed by atoms with van der Waals surface area (Å²) in [7, 11) is 0. The Kier molecular flexibility index (Phi) is 5.30. The maximum atomic E-state index is 13.3. The molecular weight excluding hydrogens is 428 g/mol. The summed E-state index contributed by atoms with van der Waals surface area (Å²) in [4.78, 5) is 29.5. The fourth-order valence-corrected chi connectivity index (χ4v) is 4.82. The number of nitrogens with one attached hydrogen (secondary N) is 1. The molecule has 5 rings (SSSR count). The molecule has 3 aromatic carbocycles. The van der Waals surface area contributed by atoms with E-state index >= 15 is 0 Å². The minimum Gasteiger partial charge on any atom is -0.394 e. The predicted octanol–water partition coefficient (Wildman–Crippen LogP) is 3.99. The van der Waals surface area contributed by atoms with Crippen molar-refractivity contribution in [3.05, 3.63) is 95.6 Å². The highest BCUT2D eigenvalue weighted by atomic mass is 19.1. The Hall–Kier alpha value is -3.78. The van der Waals surface area contributed by atoms with Gasteiger partial charge >= 0.3 is 6.03 Å². The summed E-state index contributed by atoms with van der Waals surface area (Å²) in [6, 6.07) is 16.9. The number of nitrogens with zero attached hydrogens (tertiary/aromatic N) is 2. The molecule has 8 heteroatoms. The molecule has 0 aliphatic carbocycles. The average Bonchev–Trinajstić information content (AvgIpc) is 2.81.